The highest BCUT2D eigenvalue weighted by atomic mass is 16.5. The summed E-state index contributed by atoms with van der Waals surface area (Å²) in [6, 6.07) is 7.22. The van der Waals surface area contributed by atoms with Gasteiger partial charge < -0.3 is 19.7 Å². The number of aromatic nitrogens is 4. The standard InChI is InChI=1S/C19H21N5O5/c1-19(2,18(26)27)24-11-13(10-20-24)21-15(25)8-9-16-22-17(23-29-16)12-4-6-14(28-3)7-5-12/h4-7,10-11H,8-9H2,1-3H3,(H,21,25)(H,26,27). The molecule has 10 nitrogen and oxygen atoms in total. The number of hydrogen-bond acceptors (Lipinski definition) is 7. The molecule has 0 radical (unpaired) electrons. The Hall–Kier alpha value is -3.69. The van der Waals surface area contributed by atoms with Gasteiger partial charge in [-0.1, -0.05) is 5.16 Å². The van der Waals surface area contributed by atoms with Crippen molar-refractivity contribution in [1.29, 1.82) is 0 Å². The van der Waals surface area contributed by atoms with Gasteiger partial charge >= 0.3 is 5.97 Å². The number of ether oxygens (including phenoxy) is 1. The van der Waals surface area contributed by atoms with Crippen LogP contribution in [0.1, 0.15) is 26.2 Å². The molecule has 0 aliphatic carbocycles. The highest BCUT2D eigenvalue weighted by Gasteiger charge is 2.30. The Balaban J connectivity index is 1.55. The van der Waals surface area contributed by atoms with Crippen molar-refractivity contribution in [3.63, 3.8) is 0 Å². The third kappa shape index (κ3) is 4.60. The highest BCUT2D eigenvalue weighted by Crippen LogP contribution is 2.20. The molecule has 1 aromatic carbocycles. The topological polar surface area (TPSA) is 132 Å². The molecule has 29 heavy (non-hydrogen) atoms. The number of carboxylic acid groups (broad SMARTS) is 1. The van der Waals surface area contributed by atoms with Crippen molar-refractivity contribution in [3.8, 4) is 17.1 Å². The van der Waals surface area contributed by atoms with E-state index in [0.717, 1.165) is 11.3 Å². The van der Waals surface area contributed by atoms with Crippen LogP contribution in [0.4, 0.5) is 5.69 Å². The van der Waals surface area contributed by atoms with E-state index in [1.165, 1.54) is 30.9 Å². The van der Waals surface area contributed by atoms with Gasteiger partial charge in [-0.2, -0.15) is 10.1 Å². The zero-order chi connectivity index (χ0) is 21.0. The number of hydrogen-bond donors (Lipinski definition) is 2. The zero-order valence-electron chi connectivity index (χ0n) is 16.2. The van der Waals surface area contributed by atoms with Gasteiger partial charge in [0.25, 0.3) is 0 Å². The molecule has 0 saturated carbocycles. The van der Waals surface area contributed by atoms with Gasteiger partial charge in [0.2, 0.25) is 17.6 Å². The van der Waals surface area contributed by atoms with Gasteiger partial charge in [0.05, 0.1) is 19.0 Å². The number of aliphatic carboxylic acids is 1. The van der Waals surface area contributed by atoms with E-state index in [4.69, 9.17) is 9.26 Å². The molecule has 0 aliphatic rings. The van der Waals surface area contributed by atoms with E-state index in [-0.39, 0.29) is 18.7 Å². The van der Waals surface area contributed by atoms with Crippen molar-refractivity contribution in [2.75, 3.05) is 12.4 Å². The molecule has 152 valence electrons. The second-order valence-corrected chi connectivity index (χ2v) is 6.83. The fourth-order valence-corrected chi connectivity index (χ4v) is 2.45. The second-order valence-electron chi connectivity index (χ2n) is 6.83. The maximum Gasteiger partial charge on any atom is 0.331 e. The molecule has 0 aliphatic heterocycles. The van der Waals surface area contributed by atoms with Crippen LogP contribution in [0.3, 0.4) is 0 Å². The van der Waals surface area contributed by atoms with Gasteiger partial charge in [-0.3, -0.25) is 9.48 Å². The van der Waals surface area contributed by atoms with Crippen molar-refractivity contribution in [3.05, 3.63) is 42.5 Å². The molecule has 3 rings (SSSR count). The Morgan fingerprint density at radius 3 is 2.66 bits per heavy atom. The van der Waals surface area contributed by atoms with E-state index < -0.39 is 11.5 Å². The van der Waals surface area contributed by atoms with E-state index in [2.05, 4.69) is 20.6 Å². The summed E-state index contributed by atoms with van der Waals surface area (Å²) in [7, 11) is 1.59. The number of nitrogens with one attached hydrogen (secondary N) is 1. The lowest BCUT2D eigenvalue weighted by molar-refractivity contribution is -0.146. The van der Waals surface area contributed by atoms with Crippen LogP contribution >= 0.6 is 0 Å². The smallest absolute Gasteiger partial charge is 0.331 e. The largest absolute Gasteiger partial charge is 0.497 e. The summed E-state index contributed by atoms with van der Waals surface area (Å²) in [6.45, 7) is 3.04. The molecule has 0 saturated heterocycles. The number of benzene rings is 1. The zero-order valence-corrected chi connectivity index (χ0v) is 16.2. The third-order valence-electron chi connectivity index (χ3n) is 4.34. The van der Waals surface area contributed by atoms with Gasteiger partial charge in [0, 0.05) is 24.6 Å². The molecule has 3 aromatic rings. The number of carbonyl (C=O) groups is 2. The molecule has 2 N–H and O–H groups in total. The summed E-state index contributed by atoms with van der Waals surface area (Å²) in [4.78, 5) is 27.7. The van der Waals surface area contributed by atoms with Crippen LogP contribution in [0.2, 0.25) is 0 Å². The normalized spacial score (nSPS) is 11.3. The number of rotatable bonds is 8. The van der Waals surface area contributed by atoms with Crippen LogP contribution in [0.5, 0.6) is 5.75 Å². The molecule has 0 bridgehead atoms. The van der Waals surface area contributed by atoms with Crippen LogP contribution in [0.25, 0.3) is 11.4 Å². The second kappa shape index (κ2) is 8.13. The van der Waals surface area contributed by atoms with Crippen LogP contribution in [-0.4, -0.2) is 44.0 Å². The summed E-state index contributed by atoms with van der Waals surface area (Å²) in [5.74, 6) is 0.197. The lowest BCUT2D eigenvalue weighted by Gasteiger charge is -2.19. The maximum absolute atomic E-state index is 12.2. The summed E-state index contributed by atoms with van der Waals surface area (Å²) < 4.78 is 11.6. The van der Waals surface area contributed by atoms with E-state index in [0.29, 0.717) is 17.4 Å². The number of anilines is 1. The van der Waals surface area contributed by atoms with Gasteiger partial charge in [-0.25, -0.2) is 4.79 Å². The molecule has 10 heteroatoms. The Bertz CT molecular complexity index is 1010. The van der Waals surface area contributed by atoms with E-state index in [9.17, 15) is 14.7 Å². The first-order valence-electron chi connectivity index (χ1n) is 8.85. The van der Waals surface area contributed by atoms with Gasteiger partial charge in [0.15, 0.2) is 5.54 Å². The molecule has 0 fully saturated rings. The first-order valence-corrected chi connectivity index (χ1v) is 8.85. The summed E-state index contributed by atoms with van der Waals surface area (Å²) in [5.41, 5.74) is -0.0302. The Kier molecular flexibility index (Phi) is 5.62. The minimum Gasteiger partial charge on any atom is -0.497 e. The number of nitrogens with zero attached hydrogens (tertiary/aromatic N) is 4. The molecule has 0 atom stereocenters. The molecule has 0 unspecified atom stereocenters. The van der Waals surface area contributed by atoms with Crippen LogP contribution in [0, 0.1) is 0 Å². The SMILES string of the molecule is COc1ccc(-c2noc(CCC(=O)Nc3cnn(C(C)(C)C(=O)O)c3)n2)cc1. The monoisotopic (exact) mass is 399 g/mol. The fraction of sp³-hybridized carbons (Fsp3) is 0.316. The van der Waals surface area contributed by atoms with Crippen LogP contribution in [0.15, 0.2) is 41.2 Å². The first kappa shape index (κ1) is 20.1. The Morgan fingerprint density at radius 2 is 2.00 bits per heavy atom. The van der Waals surface area contributed by atoms with E-state index in [1.54, 1.807) is 19.2 Å². The molecule has 1 amide bonds. The van der Waals surface area contributed by atoms with Crippen molar-refractivity contribution in [2.24, 2.45) is 0 Å². The van der Waals surface area contributed by atoms with Crippen molar-refractivity contribution in [2.45, 2.75) is 32.2 Å². The van der Waals surface area contributed by atoms with E-state index >= 15 is 0 Å². The molecular formula is C19H21N5O5. The van der Waals surface area contributed by atoms with Gasteiger partial charge in [0.1, 0.15) is 5.75 Å². The van der Waals surface area contributed by atoms with Crippen molar-refractivity contribution in [1.82, 2.24) is 19.9 Å². The average Bonchev–Trinajstić information content (AvgIpc) is 3.36. The summed E-state index contributed by atoms with van der Waals surface area (Å²) >= 11 is 0. The quantitative estimate of drug-likeness (QED) is 0.590. The minimum atomic E-state index is -1.22. The first-order chi connectivity index (χ1) is 13.8. The highest BCUT2D eigenvalue weighted by molar-refractivity contribution is 5.90. The Labute approximate surface area is 166 Å². The lowest BCUT2D eigenvalue weighted by Crippen LogP contribution is -2.35. The number of carboxylic acids is 1. The molecular weight excluding hydrogens is 378 g/mol. The number of amides is 1. The number of aryl methyl sites for hydroxylation is 1. The summed E-state index contributed by atoms with van der Waals surface area (Å²) in [5, 5.41) is 19.8. The number of carbonyl (C=O) groups excluding carboxylic acids is 1. The lowest BCUT2D eigenvalue weighted by atomic mass is 10.1. The molecule has 2 aromatic heterocycles. The van der Waals surface area contributed by atoms with Crippen LogP contribution < -0.4 is 10.1 Å². The maximum atomic E-state index is 12.2. The fourth-order valence-electron chi connectivity index (χ4n) is 2.45. The number of methoxy groups -OCH3 is 1. The predicted octanol–water partition coefficient (Wildman–Crippen LogP) is 2.33. The van der Waals surface area contributed by atoms with Crippen molar-refractivity contribution < 1.29 is 24.0 Å². The molecule has 2 heterocycles. The van der Waals surface area contributed by atoms with Gasteiger partial charge in [-0.05, 0) is 38.1 Å². The van der Waals surface area contributed by atoms with Gasteiger partial charge in [-0.15, -0.1) is 0 Å². The average molecular weight is 399 g/mol. The van der Waals surface area contributed by atoms with E-state index in [1.807, 2.05) is 12.1 Å². The van der Waals surface area contributed by atoms with Crippen LogP contribution in [-0.2, 0) is 21.5 Å². The summed E-state index contributed by atoms with van der Waals surface area (Å²) in [6.07, 6.45) is 3.26. The minimum absolute atomic E-state index is 0.123. The third-order valence-corrected chi connectivity index (χ3v) is 4.34. The Morgan fingerprint density at radius 1 is 1.28 bits per heavy atom. The molecule has 0 spiro atoms. The predicted molar refractivity (Wildman–Crippen MR) is 102 cm³/mol. The van der Waals surface area contributed by atoms with Crippen molar-refractivity contribution >= 4 is 17.6 Å².